The summed E-state index contributed by atoms with van der Waals surface area (Å²) in [5.41, 5.74) is 4.58. The molecule has 0 aliphatic carbocycles. The number of benzene rings is 1. The largest absolute Gasteiger partial charge is 0.322 e. The van der Waals surface area contributed by atoms with Crippen molar-refractivity contribution in [3.8, 4) is 0 Å². The second kappa shape index (κ2) is 8.34. The molecular formula is C20H18ClN3OS. The van der Waals surface area contributed by atoms with Gasteiger partial charge in [0.2, 0.25) is 0 Å². The van der Waals surface area contributed by atoms with Crippen LogP contribution in [-0.4, -0.2) is 15.9 Å². The molecule has 0 aliphatic heterocycles. The topological polar surface area (TPSA) is 54.9 Å². The van der Waals surface area contributed by atoms with Crippen molar-refractivity contribution >= 4 is 35.0 Å². The van der Waals surface area contributed by atoms with Crippen molar-refractivity contribution in [1.82, 2.24) is 9.97 Å². The quantitative estimate of drug-likeness (QED) is 0.480. The molecule has 3 aromatic rings. The van der Waals surface area contributed by atoms with Gasteiger partial charge in [-0.15, -0.1) is 11.8 Å². The van der Waals surface area contributed by atoms with Gasteiger partial charge in [0, 0.05) is 23.8 Å². The van der Waals surface area contributed by atoms with Gasteiger partial charge in [-0.05, 0) is 66.9 Å². The molecular weight excluding hydrogens is 366 g/mol. The van der Waals surface area contributed by atoms with Crippen LogP contribution in [0.15, 0.2) is 59.9 Å². The van der Waals surface area contributed by atoms with E-state index in [1.807, 2.05) is 38.1 Å². The van der Waals surface area contributed by atoms with Crippen molar-refractivity contribution in [2.75, 3.05) is 5.32 Å². The van der Waals surface area contributed by atoms with Gasteiger partial charge >= 0.3 is 0 Å². The zero-order valence-corrected chi connectivity index (χ0v) is 16.1. The molecule has 6 heteroatoms. The lowest BCUT2D eigenvalue weighted by molar-refractivity contribution is 0.102. The van der Waals surface area contributed by atoms with E-state index < -0.39 is 0 Å². The normalized spacial score (nSPS) is 10.6. The number of nitrogens with one attached hydrogen (secondary N) is 1. The van der Waals surface area contributed by atoms with Crippen molar-refractivity contribution in [2.24, 2.45) is 0 Å². The summed E-state index contributed by atoms with van der Waals surface area (Å²) in [4.78, 5) is 21.1. The molecule has 2 heterocycles. The number of carbonyl (C=O) groups is 1. The number of aromatic nitrogens is 2. The maximum absolute atomic E-state index is 12.7. The lowest BCUT2D eigenvalue weighted by atomic mass is 10.1. The van der Waals surface area contributed by atoms with E-state index in [-0.39, 0.29) is 5.91 Å². The predicted octanol–water partition coefficient (Wildman–Crippen LogP) is 5.29. The first kappa shape index (κ1) is 18.4. The van der Waals surface area contributed by atoms with E-state index >= 15 is 0 Å². The van der Waals surface area contributed by atoms with E-state index in [4.69, 9.17) is 11.6 Å². The van der Waals surface area contributed by atoms with Crippen LogP contribution in [0.2, 0.25) is 5.15 Å². The molecule has 0 bridgehead atoms. The number of thioether (sulfide) groups is 1. The highest BCUT2D eigenvalue weighted by Crippen LogP contribution is 2.26. The van der Waals surface area contributed by atoms with Gasteiger partial charge in [0.25, 0.3) is 5.91 Å². The number of hydrogen-bond acceptors (Lipinski definition) is 4. The predicted molar refractivity (Wildman–Crippen MR) is 107 cm³/mol. The van der Waals surface area contributed by atoms with Crippen LogP contribution >= 0.6 is 23.4 Å². The summed E-state index contributed by atoms with van der Waals surface area (Å²) in [7, 11) is 0. The highest BCUT2D eigenvalue weighted by Gasteiger charge is 2.13. The highest BCUT2D eigenvalue weighted by molar-refractivity contribution is 7.98. The van der Waals surface area contributed by atoms with Crippen molar-refractivity contribution in [3.63, 3.8) is 0 Å². The molecule has 0 aliphatic rings. The van der Waals surface area contributed by atoms with Crippen LogP contribution in [0.1, 0.15) is 27.0 Å². The van der Waals surface area contributed by atoms with Crippen LogP contribution in [0.25, 0.3) is 0 Å². The van der Waals surface area contributed by atoms with Crippen LogP contribution < -0.4 is 5.32 Å². The van der Waals surface area contributed by atoms with Gasteiger partial charge < -0.3 is 5.32 Å². The summed E-state index contributed by atoms with van der Waals surface area (Å²) in [6, 6.07) is 13.2. The van der Waals surface area contributed by atoms with E-state index in [0.717, 1.165) is 22.4 Å². The Balaban J connectivity index is 1.76. The molecule has 4 nitrogen and oxygen atoms in total. The Morgan fingerprint density at radius 1 is 1.08 bits per heavy atom. The fourth-order valence-corrected chi connectivity index (χ4v) is 3.74. The van der Waals surface area contributed by atoms with Crippen LogP contribution in [0.3, 0.4) is 0 Å². The Kier molecular flexibility index (Phi) is 5.91. The molecule has 1 N–H and O–H groups in total. The number of halogens is 1. The molecule has 2 aromatic heterocycles. The maximum atomic E-state index is 12.7. The molecule has 132 valence electrons. The molecule has 1 aromatic carbocycles. The Bertz CT molecular complexity index is 926. The smallest absolute Gasteiger partial charge is 0.258 e. The SMILES string of the molecule is Cc1cc(C)cc(NC(=O)c2cccnc2SCc2ccnc(Cl)c2)c1. The van der Waals surface area contributed by atoms with Gasteiger partial charge in [-0.3, -0.25) is 4.79 Å². The average Bonchev–Trinajstić information content (AvgIpc) is 2.59. The van der Waals surface area contributed by atoms with E-state index in [0.29, 0.717) is 21.5 Å². The summed E-state index contributed by atoms with van der Waals surface area (Å²) < 4.78 is 0. The zero-order valence-electron chi connectivity index (χ0n) is 14.5. The van der Waals surface area contributed by atoms with Crippen molar-refractivity contribution in [2.45, 2.75) is 24.6 Å². The Hall–Kier alpha value is -2.37. The van der Waals surface area contributed by atoms with Crippen LogP contribution in [-0.2, 0) is 5.75 Å². The molecule has 3 rings (SSSR count). The molecule has 0 saturated heterocycles. The standard InChI is InChI=1S/C20H18ClN3OS/c1-13-8-14(2)10-16(9-13)24-19(25)17-4-3-6-23-20(17)26-12-15-5-7-22-18(21)11-15/h3-11H,12H2,1-2H3,(H,24,25). The minimum absolute atomic E-state index is 0.168. The fraction of sp³-hybridized carbons (Fsp3) is 0.150. The first-order chi connectivity index (χ1) is 12.5. The van der Waals surface area contributed by atoms with Gasteiger partial charge in [-0.1, -0.05) is 17.7 Å². The van der Waals surface area contributed by atoms with Gasteiger partial charge in [0.1, 0.15) is 10.2 Å². The summed E-state index contributed by atoms with van der Waals surface area (Å²) >= 11 is 7.42. The number of hydrogen-bond donors (Lipinski definition) is 1. The first-order valence-electron chi connectivity index (χ1n) is 8.09. The monoisotopic (exact) mass is 383 g/mol. The molecule has 0 saturated carbocycles. The molecule has 0 unspecified atom stereocenters. The number of carbonyl (C=O) groups excluding carboxylic acids is 1. The molecule has 1 amide bonds. The van der Waals surface area contributed by atoms with Gasteiger partial charge in [-0.25, -0.2) is 9.97 Å². The maximum Gasteiger partial charge on any atom is 0.258 e. The first-order valence-corrected chi connectivity index (χ1v) is 9.45. The van der Waals surface area contributed by atoms with Gasteiger partial charge in [0.05, 0.1) is 5.56 Å². The molecule has 0 atom stereocenters. The second-order valence-corrected chi connectivity index (χ2v) is 7.31. The van der Waals surface area contributed by atoms with Crippen molar-refractivity contribution in [3.05, 3.63) is 82.3 Å². The Labute approximate surface area is 162 Å². The summed E-state index contributed by atoms with van der Waals surface area (Å²) in [5.74, 6) is 0.488. The third kappa shape index (κ3) is 4.84. The summed E-state index contributed by atoms with van der Waals surface area (Å²) in [5, 5.41) is 4.10. The van der Waals surface area contributed by atoms with E-state index in [1.54, 1.807) is 24.5 Å². The third-order valence-electron chi connectivity index (χ3n) is 3.66. The van der Waals surface area contributed by atoms with Crippen molar-refractivity contribution in [1.29, 1.82) is 0 Å². The Morgan fingerprint density at radius 2 is 1.85 bits per heavy atom. The number of pyridine rings is 2. The minimum atomic E-state index is -0.168. The number of rotatable bonds is 5. The van der Waals surface area contributed by atoms with Crippen molar-refractivity contribution < 1.29 is 4.79 Å². The number of aryl methyl sites for hydroxylation is 2. The zero-order chi connectivity index (χ0) is 18.5. The molecule has 0 spiro atoms. The van der Waals surface area contributed by atoms with Gasteiger partial charge in [0.15, 0.2) is 0 Å². The average molecular weight is 384 g/mol. The van der Waals surface area contributed by atoms with Crippen LogP contribution in [0.4, 0.5) is 5.69 Å². The molecule has 0 fully saturated rings. The lowest BCUT2D eigenvalue weighted by Crippen LogP contribution is -2.13. The number of anilines is 1. The summed E-state index contributed by atoms with van der Waals surface area (Å²) in [6.45, 7) is 4.02. The highest BCUT2D eigenvalue weighted by atomic mass is 35.5. The number of amides is 1. The van der Waals surface area contributed by atoms with Crippen LogP contribution in [0, 0.1) is 13.8 Å². The van der Waals surface area contributed by atoms with E-state index in [2.05, 4.69) is 21.4 Å². The van der Waals surface area contributed by atoms with Crippen LogP contribution in [0.5, 0.6) is 0 Å². The number of nitrogens with zero attached hydrogens (tertiary/aromatic N) is 2. The summed E-state index contributed by atoms with van der Waals surface area (Å²) in [6.07, 6.45) is 3.36. The Morgan fingerprint density at radius 3 is 2.58 bits per heavy atom. The van der Waals surface area contributed by atoms with E-state index in [1.165, 1.54) is 11.8 Å². The van der Waals surface area contributed by atoms with Gasteiger partial charge in [-0.2, -0.15) is 0 Å². The lowest BCUT2D eigenvalue weighted by Gasteiger charge is -2.10. The minimum Gasteiger partial charge on any atom is -0.322 e. The molecule has 0 radical (unpaired) electrons. The fourth-order valence-electron chi connectivity index (χ4n) is 2.61. The third-order valence-corrected chi connectivity index (χ3v) is 4.94. The second-order valence-electron chi connectivity index (χ2n) is 5.96. The molecule has 26 heavy (non-hydrogen) atoms. The van der Waals surface area contributed by atoms with E-state index in [9.17, 15) is 4.79 Å².